The topological polar surface area (TPSA) is 85.2 Å². The van der Waals surface area contributed by atoms with Crippen molar-refractivity contribution >= 4 is 17.4 Å². The highest BCUT2D eigenvalue weighted by Crippen LogP contribution is 2.30. The average Bonchev–Trinajstić information content (AvgIpc) is 3.28. The van der Waals surface area contributed by atoms with Crippen molar-refractivity contribution in [1.29, 1.82) is 0 Å². The van der Waals surface area contributed by atoms with Gasteiger partial charge >= 0.3 is 0 Å². The molecule has 30 heavy (non-hydrogen) atoms. The lowest BCUT2D eigenvalue weighted by Crippen LogP contribution is -2.38. The van der Waals surface area contributed by atoms with Crippen molar-refractivity contribution in [3.8, 4) is 5.75 Å². The maximum absolute atomic E-state index is 13.3. The van der Waals surface area contributed by atoms with Gasteiger partial charge in [0.15, 0.2) is 0 Å². The highest BCUT2D eigenvalue weighted by atomic mass is 16.5. The number of ether oxygens (including phenoxy) is 1. The third-order valence-corrected chi connectivity index (χ3v) is 5.53. The van der Waals surface area contributed by atoms with Crippen LogP contribution in [0.4, 0.5) is 11.5 Å². The van der Waals surface area contributed by atoms with Gasteiger partial charge in [-0.05, 0) is 44.0 Å². The Balaban J connectivity index is 1.48. The van der Waals surface area contributed by atoms with E-state index in [0.717, 1.165) is 30.9 Å². The number of nitrogens with one attached hydrogen (secondary N) is 1. The standard InChI is InChI=1S/C22H26N6O2/c1-3-27-15-24-26-21(27)16-10-13-28(14-11-16)22(29)17-7-6-12-23-20(17)25-18-8-4-5-9-19(18)30-2/h4-9,12,15-16H,3,10-11,13-14H2,1-2H3,(H,23,25). The van der Waals surface area contributed by atoms with Crippen LogP contribution in [0.3, 0.4) is 0 Å². The summed E-state index contributed by atoms with van der Waals surface area (Å²) in [6.07, 6.45) is 5.20. The van der Waals surface area contributed by atoms with Crippen LogP contribution in [0, 0.1) is 0 Å². The largest absolute Gasteiger partial charge is 0.495 e. The Morgan fingerprint density at radius 1 is 1.20 bits per heavy atom. The van der Waals surface area contributed by atoms with Crippen LogP contribution in [0.15, 0.2) is 48.9 Å². The number of amides is 1. The highest BCUT2D eigenvalue weighted by molar-refractivity contribution is 5.99. The fourth-order valence-corrected chi connectivity index (χ4v) is 3.89. The minimum Gasteiger partial charge on any atom is -0.495 e. The summed E-state index contributed by atoms with van der Waals surface area (Å²) in [4.78, 5) is 19.6. The molecule has 0 bridgehead atoms. The van der Waals surface area contributed by atoms with E-state index in [1.165, 1.54) is 0 Å². The summed E-state index contributed by atoms with van der Waals surface area (Å²) in [6, 6.07) is 11.2. The van der Waals surface area contributed by atoms with Crippen molar-refractivity contribution in [2.45, 2.75) is 32.2 Å². The van der Waals surface area contributed by atoms with Crippen LogP contribution < -0.4 is 10.1 Å². The first-order chi connectivity index (χ1) is 14.7. The zero-order valence-electron chi connectivity index (χ0n) is 17.3. The van der Waals surface area contributed by atoms with E-state index in [4.69, 9.17) is 4.74 Å². The van der Waals surface area contributed by atoms with Crippen molar-refractivity contribution in [1.82, 2.24) is 24.6 Å². The molecule has 1 aliphatic rings. The molecule has 1 N–H and O–H groups in total. The zero-order valence-corrected chi connectivity index (χ0v) is 17.3. The number of benzene rings is 1. The van der Waals surface area contributed by atoms with E-state index in [0.29, 0.717) is 36.1 Å². The van der Waals surface area contributed by atoms with E-state index in [9.17, 15) is 4.79 Å². The molecule has 8 heteroatoms. The van der Waals surface area contributed by atoms with Crippen LogP contribution in [0.25, 0.3) is 0 Å². The van der Waals surface area contributed by atoms with E-state index >= 15 is 0 Å². The molecule has 0 spiro atoms. The molecule has 0 radical (unpaired) electrons. The number of anilines is 2. The number of likely N-dealkylation sites (tertiary alicyclic amines) is 1. The second-order valence-corrected chi connectivity index (χ2v) is 7.27. The number of aromatic nitrogens is 4. The second-order valence-electron chi connectivity index (χ2n) is 7.27. The van der Waals surface area contributed by atoms with E-state index in [1.54, 1.807) is 25.7 Å². The molecule has 1 aliphatic heterocycles. The van der Waals surface area contributed by atoms with Crippen molar-refractivity contribution in [3.63, 3.8) is 0 Å². The molecule has 1 amide bonds. The molecule has 4 rings (SSSR count). The first-order valence-corrected chi connectivity index (χ1v) is 10.2. The molecule has 3 aromatic rings. The minimum atomic E-state index is -0.0177. The molecular formula is C22H26N6O2. The predicted molar refractivity (Wildman–Crippen MR) is 114 cm³/mol. The fraction of sp³-hybridized carbons (Fsp3) is 0.364. The van der Waals surface area contributed by atoms with E-state index < -0.39 is 0 Å². The minimum absolute atomic E-state index is 0.0177. The van der Waals surface area contributed by atoms with Crippen LogP contribution in [0.1, 0.15) is 41.9 Å². The van der Waals surface area contributed by atoms with Gasteiger partial charge < -0.3 is 19.5 Å². The second kappa shape index (κ2) is 8.94. The molecule has 1 aromatic carbocycles. The maximum atomic E-state index is 13.3. The molecule has 0 atom stereocenters. The summed E-state index contributed by atoms with van der Waals surface area (Å²) >= 11 is 0. The number of carbonyl (C=O) groups is 1. The van der Waals surface area contributed by atoms with E-state index in [1.807, 2.05) is 35.2 Å². The predicted octanol–water partition coefficient (Wildman–Crippen LogP) is 3.47. The number of carbonyl (C=O) groups excluding carboxylic acids is 1. The lowest BCUT2D eigenvalue weighted by molar-refractivity contribution is 0.0711. The van der Waals surface area contributed by atoms with Gasteiger partial charge in [0.25, 0.3) is 5.91 Å². The van der Waals surface area contributed by atoms with Crippen LogP contribution in [0.5, 0.6) is 5.75 Å². The maximum Gasteiger partial charge on any atom is 0.257 e. The van der Waals surface area contributed by atoms with Crippen molar-refractivity contribution in [2.75, 3.05) is 25.5 Å². The van der Waals surface area contributed by atoms with Crippen molar-refractivity contribution in [3.05, 3.63) is 60.3 Å². The molecular weight excluding hydrogens is 380 g/mol. The first kappa shape index (κ1) is 19.9. The number of methoxy groups -OCH3 is 1. The quantitative estimate of drug-likeness (QED) is 0.675. The van der Waals surface area contributed by atoms with E-state index in [2.05, 4.69) is 32.0 Å². The summed E-state index contributed by atoms with van der Waals surface area (Å²) < 4.78 is 7.48. The number of hydrogen-bond acceptors (Lipinski definition) is 6. The van der Waals surface area contributed by atoms with Gasteiger partial charge in [0.2, 0.25) is 0 Å². The average molecular weight is 406 g/mol. The summed E-state index contributed by atoms with van der Waals surface area (Å²) in [5.74, 6) is 2.55. The van der Waals surface area contributed by atoms with Gasteiger partial charge in [-0.15, -0.1) is 10.2 Å². The van der Waals surface area contributed by atoms with Gasteiger partial charge in [0, 0.05) is 31.7 Å². The van der Waals surface area contributed by atoms with Crippen LogP contribution >= 0.6 is 0 Å². The Labute approximate surface area is 175 Å². The normalized spacial score (nSPS) is 14.5. The molecule has 8 nitrogen and oxygen atoms in total. The number of pyridine rings is 1. The fourth-order valence-electron chi connectivity index (χ4n) is 3.89. The third kappa shape index (κ3) is 3.98. The Morgan fingerprint density at radius 3 is 2.77 bits per heavy atom. The van der Waals surface area contributed by atoms with Crippen molar-refractivity contribution in [2.24, 2.45) is 0 Å². The first-order valence-electron chi connectivity index (χ1n) is 10.2. The number of nitrogens with zero attached hydrogens (tertiary/aromatic N) is 5. The van der Waals surface area contributed by atoms with E-state index in [-0.39, 0.29) is 5.91 Å². The molecule has 3 heterocycles. The Kier molecular flexibility index (Phi) is 5.92. The Bertz CT molecular complexity index is 1010. The van der Waals surface area contributed by atoms with Gasteiger partial charge in [0.1, 0.15) is 23.7 Å². The molecule has 1 saturated heterocycles. The SMILES string of the molecule is CCn1cnnc1C1CCN(C(=O)c2cccnc2Nc2ccccc2OC)CC1. The summed E-state index contributed by atoms with van der Waals surface area (Å²) in [5.41, 5.74) is 1.32. The highest BCUT2D eigenvalue weighted by Gasteiger charge is 2.28. The molecule has 0 aliphatic carbocycles. The van der Waals surface area contributed by atoms with Crippen LogP contribution in [-0.4, -0.2) is 50.8 Å². The number of hydrogen-bond donors (Lipinski definition) is 1. The Hall–Kier alpha value is -3.42. The van der Waals surface area contributed by atoms with Crippen molar-refractivity contribution < 1.29 is 9.53 Å². The molecule has 156 valence electrons. The molecule has 1 fully saturated rings. The summed E-state index contributed by atoms with van der Waals surface area (Å²) in [5, 5.41) is 11.6. The van der Waals surface area contributed by atoms with Gasteiger partial charge in [-0.3, -0.25) is 4.79 Å². The number of rotatable bonds is 6. The third-order valence-electron chi connectivity index (χ3n) is 5.53. The summed E-state index contributed by atoms with van der Waals surface area (Å²) in [6.45, 7) is 4.31. The van der Waals surface area contributed by atoms with Gasteiger partial charge in [-0.1, -0.05) is 12.1 Å². The van der Waals surface area contributed by atoms with Gasteiger partial charge in [0.05, 0.1) is 18.4 Å². The van der Waals surface area contributed by atoms with Crippen LogP contribution in [0.2, 0.25) is 0 Å². The number of aryl methyl sites for hydroxylation is 1. The lowest BCUT2D eigenvalue weighted by Gasteiger charge is -2.32. The number of para-hydroxylation sites is 2. The van der Waals surface area contributed by atoms with Gasteiger partial charge in [-0.2, -0.15) is 0 Å². The molecule has 2 aromatic heterocycles. The smallest absolute Gasteiger partial charge is 0.257 e. The lowest BCUT2D eigenvalue weighted by atomic mass is 9.95. The monoisotopic (exact) mass is 406 g/mol. The summed E-state index contributed by atoms with van der Waals surface area (Å²) in [7, 11) is 1.62. The molecule has 0 unspecified atom stereocenters. The molecule has 0 saturated carbocycles. The van der Waals surface area contributed by atoms with Crippen LogP contribution in [-0.2, 0) is 6.54 Å². The Morgan fingerprint density at radius 2 is 2.00 bits per heavy atom. The zero-order chi connectivity index (χ0) is 20.9. The van der Waals surface area contributed by atoms with Gasteiger partial charge in [-0.25, -0.2) is 4.98 Å². The number of piperidine rings is 1.